The van der Waals surface area contributed by atoms with Crippen molar-refractivity contribution in [3.63, 3.8) is 0 Å². The third-order valence-electron chi connectivity index (χ3n) is 3.12. The number of aliphatic hydroxyl groups is 1. The number of halogens is 1. The number of aliphatic hydroxyl groups excluding tert-OH is 1. The number of fused-ring (bicyclic) bond motifs is 1. The van der Waals surface area contributed by atoms with Crippen molar-refractivity contribution in [1.29, 1.82) is 0 Å². The average molecular weight is 328 g/mol. The highest BCUT2D eigenvalue weighted by Gasteiger charge is 2.25. The number of hydrogen-bond donors (Lipinski definition) is 2. The Morgan fingerprint density at radius 1 is 1.42 bits per heavy atom. The molecule has 2 rings (SSSR count). The van der Waals surface area contributed by atoms with E-state index in [2.05, 4.69) is 57.1 Å². The van der Waals surface area contributed by atoms with Crippen LogP contribution in [0, 0.1) is 5.41 Å². The van der Waals surface area contributed by atoms with Crippen LogP contribution in [0.15, 0.2) is 10.9 Å². The first-order valence-electron chi connectivity index (χ1n) is 6.05. The molecule has 1 atom stereocenters. The molecule has 0 aliphatic carbocycles. The first kappa shape index (κ1) is 14.2. The fraction of sp³-hybridized carbons (Fsp3) is 0.583. The highest BCUT2D eigenvalue weighted by atomic mass is 79.9. The Hall–Kier alpha value is -1.21. The maximum atomic E-state index is 9.53. The summed E-state index contributed by atoms with van der Waals surface area (Å²) in [5.74, 6) is 0.680. The summed E-state index contributed by atoms with van der Waals surface area (Å²) in [5.41, 5.74) is 0.663. The Morgan fingerprint density at radius 3 is 2.68 bits per heavy atom. The second-order valence-corrected chi connectivity index (χ2v) is 6.33. The van der Waals surface area contributed by atoms with Crippen LogP contribution in [0.25, 0.3) is 11.0 Å². The minimum Gasteiger partial charge on any atom is -0.394 e. The molecule has 0 aliphatic rings. The molecule has 0 radical (unpaired) electrons. The van der Waals surface area contributed by atoms with Crippen LogP contribution >= 0.6 is 15.9 Å². The summed E-state index contributed by atoms with van der Waals surface area (Å²) in [6.07, 6.45) is 1.50. The van der Waals surface area contributed by atoms with E-state index in [4.69, 9.17) is 0 Å². The van der Waals surface area contributed by atoms with Crippen molar-refractivity contribution < 1.29 is 5.11 Å². The van der Waals surface area contributed by atoms with Gasteiger partial charge in [0.05, 0.1) is 18.0 Å². The van der Waals surface area contributed by atoms with Gasteiger partial charge in [-0.1, -0.05) is 20.8 Å². The average Bonchev–Trinajstić information content (AvgIpc) is 2.61. The van der Waals surface area contributed by atoms with E-state index in [1.165, 1.54) is 6.33 Å². The molecule has 2 N–H and O–H groups in total. The van der Waals surface area contributed by atoms with Crippen molar-refractivity contribution in [1.82, 2.24) is 19.7 Å². The number of aryl methyl sites for hydroxylation is 1. The molecule has 0 spiro atoms. The number of anilines is 1. The molecule has 0 amide bonds. The van der Waals surface area contributed by atoms with E-state index in [0.29, 0.717) is 10.4 Å². The maximum Gasteiger partial charge on any atom is 0.164 e. The maximum absolute atomic E-state index is 9.53. The van der Waals surface area contributed by atoms with Crippen molar-refractivity contribution in [3.8, 4) is 0 Å². The highest BCUT2D eigenvalue weighted by Crippen LogP contribution is 2.29. The van der Waals surface area contributed by atoms with Crippen LogP contribution in [0.2, 0.25) is 0 Å². The Balaban J connectivity index is 2.46. The molecule has 2 aromatic heterocycles. The lowest BCUT2D eigenvalue weighted by atomic mass is 9.87. The number of hydrogen-bond acceptors (Lipinski definition) is 5. The smallest absolute Gasteiger partial charge is 0.164 e. The Kier molecular flexibility index (Phi) is 3.78. The largest absolute Gasteiger partial charge is 0.394 e. The van der Waals surface area contributed by atoms with Crippen LogP contribution in [0.3, 0.4) is 0 Å². The van der Waals surface area contributed by atoms with Gasteiger partial charge in [0.15, 0.2) is 5.65 Å². The van der Waals surface area contributed by atoms with Crippen LogP contribution < -0.4 is 5.32 Å². The minimum atomic E-state index is -0.0993. The van der Waals surface area contributed by atoms with E-state index in [0.717, 1.165) is 11.0 Å². The third kappa shape index (κ3) is 2.71. The fourth-order valence-electron chi connectivity index (χ4n) is 1.85. The standard InChI is InChI=1S/C12H18BrN5O/c1-12(2,3)7(5-19)16-10-8-9(13)17-18(4)11(8)15-6-14-10/h6-7,19H,5H2,1-4H3,(H,14,15,16). The van der Waals surface area contributed by atoms with Crippen molar-refractivity contribution in [2.45, 2.75) is 26.8 Å². The van der Waals surface area contributed by atoms with Gasteiger partial charge in [0.25, 0.3) is 0 Å². The molecule has 0 saturated heterocycles. The zero-order valence-corrected chi connectivity index (χ0v) is 13.1. The monoisotopic (exact) mass is 327 g/mol. The van der Waals surface area contributed by atoms with Crippen LogP contribution in [-0.4, -0.2) is 37.5 Å². The van der Waals surface area contributed by atoms with Gasteiger partial charge in [0, 0.05) is 7.05 Å². The van der Waals surface area contributed by atoms with Crippen molar-refractivity contribution >= 4 is 32.8 Å². The minimum absolute atomic E-state index is 0.0346. The first-order valence-corrected chi connectivity index (χ1v) is 6.84. The summed E-state index contributed by atoms with van der Waals surface area (Å²) in [5, 5.41) is 17.9. The number of nitrogens with zero attached hydrogens (tertiary/aromatic N) is 4. The first-order chi connectivity index (χ1) is 8.84. The van der Waals surface area contributed by atoms with Crippen LogP contribution in [0.1, 0.15) is 20.8 Å². The van der Waals surface area contributed by atoms with E-state index in [1.807, 2.05) is 7.05 Å². The molecule has 0 aliphatic heterocycles. The normalized spacial score (nSPS) is 13.8. The van der Waals surface area contributed by atoms with Gasteiger partial charge in [-0.2, -0.15) is 5.10 Å². The van der Waals surface area contributed by atoms with E-state index in [1.54, 1.807) is 4.68 Å². The molecular formula is C12H18BrN5O. The molecule has 0 fully saturated rings. The quantitative estimate of drug-likeness (QED) is 0.901. The molecule has 104 valence electrons. The molecular weight excluding hydrogens is 310 g/mol. The second kappa shape index (κ2) is 5.05. The zero-order valence-electron chi connectivity index (χ0n) is 11.5. The van der Waals surface area contributed by atoms with E-state index in [-0.39, 0.29) is 18.1 Å². The Labute approximate surface area is 120 Å². The highest BCUT2D eigenvalue weighted by molar-refractivity contribution is 9.10. The topological polar surface area (TPSA) is 75.9 Å². The van der Waals surface area contributed by atoms with Gasteiger partial charge in [-0.3, -0.25) is 0 Å². The van der Waals surface area contributed by atoms with E-state index >= 15 is 0 Å². The lowest BCUT2D eigenvalue weighted by Gasteiger charge is -2.30. The van der Waals surface area contributed by atoms with Gasteiger partial charge >= 0.3 is 0 Å². The van der Waals surface area contributed by atoms with Gasteiger partial charge < -0.3 is 10.4 Å². The zero-order chi connectivity index (χ0) is 14.2. The fourth-order valence-corrected chi connectivity index (χ4v) is 2.45. The molecule has 2 aromatic rings. The molecule has 1 unspecified atom stereocenters. The van der Waals surface area contributed by atoms with Crippen molar-refractivity contribution in [2.24, 2.45) is 12.5 Å². The summed E-state index contributed by atoms with van der Waals surface area (Å²) in [4.78, 5) is 8.48. The summed E-state index contributed by atoms with van der Waals surface area (Å²) in [7, 11) is 1.83. The summed E-state index contributed by atoms with van der Waals surface area (Å²) < 4.78 is 2.39. The Morgan fingerprint density at radius 2 is 2.11 bits per heavy atom. The van der Waals surface area contributed by atoms with Gasteiger partial charge in [0.2, 0.25) is 0 Å². The van der Waals surface area contributed by atoms with Gasteiger partial charge in [-0.15, -0.1) is 0 Å². The SMILES string of the molecule is Cn1nc(Br)c2c(NC(CO)C(C)(C)C)ncnc21. The van der Waals surface area contributed by atoms with E-state index in [9.17, 15) is 5.11 Å². The van der Waals surface area contributed by atoms with Crippen LogP contribution in [0.4, 0.5) is 5.82 Å². The number of rotatable bonds is 3. The molecule has 7 heteroatoms. The van der Waals surface area contributed by atoms with Gasteiger partial charge in [0.1, 0.15) is 16.7 Å². The molecule has 0 aromatic carbocycles. The van der Waals surface area contributed by atoms with Gasteiger partial charge in [-0.25, -0.2) is 14.6 Å². The summed E-state index contributed by atoms with van der Waals surface area (Å²) in [6, 6.07) is -0.0993. The van der Waals surface area contributed by atoms with E-state index < -0.39 is 0 Å². The second-order valence-electron chi connectivity index (χ2n) is 5.58. The molecule has 2 heterocycles. The third-order valence-corrected chi connectivity index (χ3v) is 3.67. The van der Waals surface area contributed by atoms with Crippen LogP contribution in [-0.2, 0) is 7.05 Å². The van der Waals surface area contributed by atoms with Crippen molar-refractivity contribution in [3.05, 3.63) is 10.9 Å². The number of aromatic nitrogens is 4. The lowest BCUT2D eigenvalue weighted by Crippen LogP contribution is -2.37. The molecule has 0 saturated carbocycles. The molecule has 6 nitrogen and oxygen atoms in total. The summed E-state index contributed by atoms with van der Waals surface area (Å²) >= 11 is 3.42. The predicted octanol–water partition coefficient (Wildman–Crippen LogP) is 1.94. The summed E-state index contributed by atoms with van der Waals surface area (Å²) in [6.45, 7) is 6.24. The van der Waals surface area contributed by atoms with Gasteiger partial charge in [-0.05, 0) is 21.3 Å². The molecule has 19 heavy (non-hydrogen) atoms. The Bertz CT molecular complexity index is 590. The molecule has 0 bridgehead atoms. The van der Waals surface area contributed by atoms with Crippen LogP contribution in [0.5, 0.6) is 0 Å². The van der Waals surface area contributed by atoms with Crippen molar-refractivity contribution in [2.75, 3.05) is 11.9 Å². The lowest BCUT2D eigenvalue weighted by molar-refractivity contribution is 0.201. The predicted molar refractivity (Wildman–Crippen MR) is 78.0 cm³/mol. The number of nitrogens with one attached hydrogen (secondary N) is 1.